The molecule has 1 saturated carbocycles. The minimum Gasteiger partial charge on any atom is -0.335 e. The molecule has 3 N–H and O–H groups in total. The number of pyridine rings is 2. The van der Waals surface area contributed by atoms with Gasteiger partial charge in [0.05, 0.1) is 17.4 Å². The first-order valence-corrected chi connectivity index (χ1v) is 13.9. The van der Waals surface area contributed by atoms with E-state index in [-0.39, 0.29) is 22.5 Å². The number of anilines is 1. The molecule has 200 valence electrons. The number of rotatable bonds is 5. The normalized spacial score (nSPS) is 14.2. The van der Waals surface area contributed by atoms with Gasteiger partial charge in [0.1, 0.15) is 11.2 Å². The van der Waals surface area contributed by atoms with Gasteiger partial charge in [0.2, 0.25) is 5.91 Å². The molecule has 0 aliphatic heterocycles. The zero-order chi connectivity index (χ0) is 27.2. The maximum atomic E-state index is 15.3. The van der Waals surface area contributed by atoms with E-state index in [4.69, 9.17) is 0 Å². The average Bonchev–Trinajstić information content (AvgIpc) is 3.71. The average molecular weight is 556 g/mol. The second-order valence-corrected chi connectivity index (χ2v) is 11.0. The summed E-state index contributed by atoms with van der Waals surface area (Å²) in [5.41, 5.74) is 4.33. The largest absolute Gasteiger partial charge is 0.335 e. The lowest BCUT2D eigenvalue weighted by atomic mass is 9.88. The zero-order valence-corrected chi connectivity index (χ0v) is 22.0. The number of H-pyrrole nitrogens is 2. The van der Waals surface area contributed by atoms with Crippen LogP contribution in [0.3, 0.4) is 0 Å². The molecule has 5 aromatic heterocycles. The van der Waals surface area contributed by atoms with Gasteiger partial charge in [-0.3, -0.25) is 14.9 Å². The highest BCUT2D eigenvalue weighted by Gasteiger charge is 2.22. The summed E-state index contributed by atoms with van der Waals surface area (Å²) in [6.07, 6.45) is 9.95. The summed E-state index contributed by atoms with van der Waals surface area (Å²) in [5.74, 6) is -0.0637. The summed E-state index contributed by atoms with van der Waals surface area (Å²) in [5, 5.41) is 10.3. The number of nitrogens with one attached hydrogen (secondary N) is 3. The number of amides is 1. The molecular weight excluding hydrogens is 532 g/mol. The molecule has 8 nitrogen and oxygen atoms in total. The van der Waals surface area contributed by atoms with Gasteiger partial charge in [0, 0.05) is 39.7 Å². The van der Waals surface area contributed by atoms with Crippen molar-refractivity contribution in [2.45, 2.75) is 32.1 Å². The Hall–Kier alpha value is -4.51. The molecule has 5 heterocycles. The second-order valence-electron chi connectivity index (χ2n) is 9.99. The van der Waals surface area contributed by atoms with E-state index in [2.05, 4.69) is 35.5 Å². The molecule has 1 aromatic carbocycles. The lowest BCUT2D eigenvalue weighted by Crippen LogP contribution is -2.24. The van der Waals surface area contributed by atoms with Crippen molar-refractivity contribution in [2.75, 3.05) is 5.32 Å². The molecule has 0 spiro atoms. The molecule has 0 bridgehead atoms. The molecule has 7 rings (SSSR count). The van der Waals surface area contributed by atoms with Gasteiger partial charge in [0.25, 0.3) is 0 Å². The first kappa shape index (κ1) is 24.5. The van der Waals surface area contributed by atoms with Gasteiger partial charge in [0.15, 0.2) is 22.4 Å². The van der Waals surface area contributed by atoms with Gasteiger partial charge in [-0.05, 0) is 54.8 Å². The molecule has 0 unspecified atom stereocenters. The smallest absolute Gasteiger partial charge is 0.227 e. The predicted molar refractivity (Wildman–Crippen MR) is 151 cm³/mol. The van der Waals surface area contributed by atoms with Gasteiger partial charge >= 0.3 is 0 Å². The highest BCUT2D eigenvalue weighted by atomic mass is 32.1. The minimum atomic E-state index is -0.504. The fraction of sp³-hybridized carbons (Fsp3) is 0.207. The monoisotopic (exact) mass is 555 g/mol. The van der Waals surface area contributed by atoms with Crippen LogP contribution < -0.4 is 5.32 Å². The van der Waals surface area contributed by atoms with Crippen molar-refractivity contribution in [3.63, 3.8) is 0 Å². The van der Waals surface area contributed by atoms with Crippen molar-refractivity contribution >= 4 is 45.0 Å². The minimum absolute atomic E-state index is 0.000514. The SMILES string of the molecule is O=C(Nc1cncc(-c2cc(F)c3n[nH]c(-c4nc5nccc(-c6ccc(F)s6)c5[nH]4)c3c2)c1)C1CCCCC1. The van der Waals surface area contributed by atoms with Crippen LogP contribution >= 0.6 is 11.3 Å². The lowest BCUT2D eigenvalue weighted by molar-refractivity contribution is -0.120. The Kier molecular flexibility index (Phi) is 6.07. The van der Waals surface area contributed by atoms with Crippen LogP contribution in [-0.2, 0) is 4.79 Å². The molecule has 1 aliphatic carbocycles. The third-order valence-corrected chi connectivity index (χ3v) is 8.30. The number of hydrogen-bond donors (Lipinski definition) is 3. The number of aromatic amines is 2. The van der Waals surface area contributed by atoms with Crippen LogP contribution in [0, 0.1) is 16.9 Å². The van der Waals surface area contributed by atoms with Crippen molar-refractivity contribution in [1.82, 2.24) is 30.1 Å². The van der Waals surface area contributed by atoms with Gasteiger partial charge in [-0.1, -0.05) is 19.3 Å². The second kappa shape index (κ2) is 9.91. The van der Waals surface area contributed by atoms with Crippen LogP contribution in [0.2, 0.25) is 0 Å². The molecule has 0 saturated heterocycles. The fourth-order valence-electron chi connectivity index (χ4n) is 5.39. The van der Waals surface area contributed by atoms with Crippen molar-refractivity contribution in [3.05, 3.63) is 65.9 Å². The quantitative estimate of drug-likeness (QED) is 0.210. The number of imidazole rings is 1. The molecule has 1 aliphatic rings. The molecule has 40 heavy (non-hydrogen) atoms. The number of aromatic nitrogens is 6. The predicted octanol–water partition coefficient (Wildman–Crippen LogP) is 7.09. The van der Waals surface area contributed by atoms with Crippen molar-refractivity contribution < 1.29 is 13.6 Å². The van der Waals surface area contributed by atoms with Crippen molar-refractivity contribution in [2.24, 2.45) is 5.92 Å². The van der Waals surface area contributed by atoms with E-state index in [0.29, 0.717) is 44.9 Å². The van der Waals surface area contributed by atoms with Crippen LogP contribution in [0.25, 0.3) is 55.2 Å². The van der Waals surface area contributed by atoms with Crippen molar-refractivity contribution in [1.29, 1.82) is 0 Å². The van der Waals surface area contributed by atoms with E-state index in [0.717, 1.165) is 47.5 Å². The van der Waals surface area contributed by atoms with Crippen LogP contribution in [-0.4, -0.2) is 36.0 Å². The maximum Gasteiger partial charge on any atom is 0.227 e. The number of carbonyl (C=O) groups is 1. The Morgan fingerprint density at radius 1 is 1.02 bits per heavy atom. The number of nitrogens with zero attached hydrogens (tertiary/aromatic N) is 4. The molecule has 0 radical (unpaired) electrons. The molecule has 6 aromatic rings. The standard InChI is InChI=1S/C29H23F2N7OS/c30-21-12-16(17-10-18(14-32-13-17)34-29(39)15-4-2-1-3-5-15)11-20-24(21)37-38-26(20)28-35-25-19(8-9-33-27(25)36-28)22-6-7-23(31)40-22/h6-15H,1-5H2,(H,34,39)(H,37,38)(H,33,35,36). The number of fused-ring (bicyclic) bond motifs is 2. The number of carbonyl (C=O) groups excluding carboxylic acids is 1. The lowest BCUT2D eigenvalue weighted by Gasteiger charge is -2.20. The molecule has 1 fully saturated rings. The van der Waals surface area contributed by atoms with Gasteiger partial charge < -0.3 is 10.3 Å². The molecule has 1 amide bonds. The summed E-state index contributed by atoms with van der Waals surface area (Å²) >= 11 is 1.03. The Morgan fingerprint density at radius 3 is 2.73 bits per heavy atom. The third-order valence-electron chi connectivity index (χ3n) is 7.39. The first-order valence-electron chi connectivity index (χ1n) is 13.1. The van der Waals surface area contributed by atoms with Crippen LogP contribution in [0.5, 0.6) is 0 Å². The Bertz CT molecular complexity index is 1890. The van der Waals surface area contributed by atoms with Crippen LogP contribution in [0.4, 0.5) is 14.5 Å². The molecular formula is C29H23F2N7OS. The van der Waals surface area contributed by atoms with E-state index in [1.54, 1.807) is 36.8 Å². The highest BCUT2D eigenvalue weighted by molar-refractivity contribution is 7.14. The maximum absolute atomic E-state index is 15.3. The number of hydrogen-bond acceptors (Lipinski definition) is 6. The van der Waals surface area contributed by atoms with E-state index in [1.807, 2.05) is 6.07 Å². The Morgan fingerprint density at radius 2 is 1.90 bits per heavy atom. The third kappa shape index (κ3) is 4.41. The summed E-state index contributed by atoms with van der Waals surface area (Å²) < 4.78 is 29.0. The molecule has 0 atom stereocenters. The summed E-state index contributed by atoms with van der Waals surface area (Å²) in [6, 6.07) is 9.94. The highest BCUT2D eigenvalue weighted by Crippen LogP contribution is 2.35. The van der Waals surface area contributed by atoms with E-state index in [9.17, 15) is 9.18 Å². The van der Waals surface area contributed by atoms with Gasteiger partial charge in [-0.2, -0.15) is 9.49 Å². The summed E-state index contributed by atoms with van der Waals surface area (Å²) in [6.45, 7) is 0. The first-order chi connectivity index (χ1) is 19.5. The number of benzene rings is 1. The van der Waals surface area contributed by atoms with Crippen molar-refractivity contribution in [3.8, 4) is 33.1 Å². The summed E-state index contributed by atoms with van der Waals surface area (Å²) in [7, 11) is 0. The fourth-order valence-corrected chi connectivity index (χ4v) is 6.15. The zero-order valence-electron chi connectivity index (χ0n) is 21.2. The van der Waals surface area contributed by atoms with Crippen LogP contribution in [0.1, 0.15) is 32.1 Å². The number of halogens is 2. The Balaban J connectivity index is 1.25. The van der Waals surface area contributed by atoms with Crippen LogP contribution in [0.15, 0.2) is 55.0 Å². The Labute approximate surface area is 230 Å². The topological polar surface area (TPSA) is 112 Å². The summed E-state index contributed by atoms with van der Waals surface area (Å²) in [4.78, 5) is 30.0. The van der Waals surface area contributed by atoms with E-state index < -0.39 is 5.82 Å². The van der Waals surface area contributed by atoms with E-state index >= 15 is 4.39 Å². The van der Waals surface area contributed by atoms with Gasteiger partial charge in [-0.25, -0.2) is 14.4 Å². The molecule has 11 heteroatoms. The van der Waals surface area contributed by atoms with Gasteiger partial charge in [-0.15, -0.1) is 11.3 Å². The van der Waals surface area contributed by atoms with E-state index in [1.165, 1.54) is 18.6 Å². The number of thiophene rings is 1.